The van der Waals surface area contributed by atoms with Crippen LogP contribution in [0.3, 0.4) is 0 Å². The van der Waals surface area contributed by atoms with Gasteiger partial charge in [-0.2, -0.15) is 0 Å². The minimum absolute atomic E-state index is 0.00423. The minimum atomic E-state index is -0.00423. The molecule has 4 nitrogen and oxygen atoms in total. The summed E-state index contributed by atoms with van der Waals surface area (Å²) < 4.78 is 0. The molecule has 0 spiro atoms. The van der Waals surface area contributed by atoms with Gasteiger partial charge in [0.1, 0.15) is 6.33 Å². The number of benzene rings is 1. The molecular weight excluding hydrogens is 310 g/mol. The van der Waals surface area contributed by atoms with Gasteiger partial charge >= 0.3 is 0 Å². The predicted molar refractivity (Wildman–Crippen MR) is 99.5 cm³/mol. The van der Waals surface area contributed by atoms with Crippen LogP contribution in [0.4, 0.5) is 0 Å². The van der Waals surface area contributed by atoms with E-state index in [2.05, 4.69) is 57.6 Å². The summed E-state index contributed by atoms with van der Waals surface area (Å²) in [5, 5.41) is 0. The molecule has 25 heavy (non-hydrogen) atoms. The highest BCUT2D eigenvalue weighted by Crippen LogP contribution is 2.31. The maximum Gasteiger partial charge on any atom is 0.254 e. The lowest BCUT2D eigenvalue weighted by atomic mass is 9.79. The van der Waals surface area contributed by atoms with Crippen LogP contribution in [0.15, 0.2) is 30.7 Å². The van der Waals surface area contributed by atoms with Crippen LogP contribution in [0.25, 0.3) is 0 Å². The van der Waals surface area contributed by atoms with Crippen molar-refractivity contribution >= 4 is 5.91 Å². The number of hydrogen-bond acceptors (Lipinski definition) is 3. The van der Waals surface area contributed by atoms with Crippen molar-refractivity contribution in [1.82, 2.24) is 14.9 Å². The van der Waals surface area contributed by atoms with Gasteiger partial charge in [0.05, 0.1) is 12.2 Å². The summed E-state index contributed by atoms with van der Waals surface area (Å²) in [4.78, 5) is 23.4. The van der Waals surface area contributed by atoms with Crippen molar-refractivity contribution in [1.29, 1.82) is 0 Å². The van der Waals surface area contributed by atoms with Crippen molar-refractivity contribution in [2.45, 2.75) is 65.5 Å². The molecule has 1 aliphatic rings. The molecular formula is C21H27N3O. The van der Waals surface area contributed by atoms with Gasteiger partial charge in [0, 0.05) is 23.9 Å². The van der Waals surface area contributed by atoms with Crippen molar-refractivity contribution in [3.63, 3.8) is 0 Å². The number of rotatable bonds is 1. The lowest BCUT2D eigenvalue weighted by Crippen LogP contribution is -2.27. The van der Waals surface area contributed by atoms with Gasteiger partial charge in [-0.25, -0.2) is 9.97 Å². The molecule has 2 heterocycles. The Balaban J connectivity index is 1.98. The van der Waals surface area contributed by atoms with Gasteiger partial charge in [-0.1, -0.05) is 47.6 Å². The fourth-order valence-electron chi connectivity index (χ4n) is 3.04. The van der Waals surface area contributed by atoms with Crippen LogP contribution in [0, 0.1) is 0 Å². The molecule has 0 bridgehead atoms. The van der Waals surface area contributed by atoms with Gasteiger partial charge in [-0.3, -0.25) is 4.79 Å². The minimum Gasteiger partial charge on any atom is -0.328 e. The molecule has 0 saturated carbocycles. The molecule has 0 N–H and O–H groups in total. The number of nitrogens with zero attached hydrogens (tertiary/aromatic N) is 3. The molecule has 0 aliphatic carbocycles. The van der Waals surface area contributed by atoms with Gasteiger partial charge in [0.2, 0.25) is 0 Å². The Morgan fingerprint density at radius 1 is 0.960 bits per heavy atom. The van der Waals surface area contributed by atoms with Gasteiger partial charge in [0.15, 0.2) is 0 Å². The highest BCUT2D eigenvalue weighted by molar-refractivity contribution is 5.95. The van der Waals surface area contributed by atoms with Crippen molar-refractivity contribution < 1.29 is 4.79 Å². The van der Waals surface area contributed by atoms with E-state index in [9.17, 15) is 4.79 Å². The molecule has 0 unspecified atom stereocenters. The summed E-state index contributed by atoms with van der Waals surface area (Å²) in [6, 6.07) is 6.33. The molecule has 4 heteroatoms. The Morgan fingerprint density at radius 2 is 1.56 bits per heavy atom. The molecule has 1 aliphatic heterocycles. The molecule has 1 aromatic heterocycles. The lowest BCUT2D eigenvalue weighted by Gasteiger charge is -2.27. The number of fused-ring (bicyclic) bond motifs is 1. The molecule has 0 saturated heterocycles. The second kappa shape index (κ2) is 5.94. The fourth-order valence-corrected chi connectivity index (χ4v) is 3.04. The topological polar surface area (TPSA) is 46.1 Å². The molecule has 1 amide bonds. The van der Waals surface area contributed by atoms with Crippen LogP contribution in [0.1, 0.15) is 74.3 Å². The van der Waals surface area contributed by atoms with E-state index in [1.807, 2.05) is 23.2 Å². The van der Waals surface area contributed by atoms with Crippen molar-refractivity contribution in [3.8, 4) is 0 Å². The number of amides is 1. The molecule has 3 rings (SSSR count). The monoisotopic (exact) mass is 337 g/mol. The largest absolute Gasteiger partial charge is 0.328 e. The van der Waals surface area contributed by atoms with Crippen molar-refractivity contribution in [2.24, 2.45) is 0 Å². The molecule has 0 radical (unpaired) electrons. The summed E-state index contributed by atoms with van der Waals surface area (Å²) in [6.45, 7) is 14.2. The van der Waals surface area contributed by atoms with Gasteiger partial charge < -0.3 is 4.90 Å². The first-order valence-corrected chi connectivity index (χ1v) is 8.79. The molecule has 132 valence electrons. The van der Waals surface area contributed by atoms with E-state index in [1.54, 1.807) is 6.33 Å². The predicted octanol–water partition coefficient (Wildman–Crippen LogP) is 4.23. The molecule has 0 atom stereocenters. The van der Waals surface area contributed by atoms with Crippen LogP contribution >= 0.6 is 0 Å². The van der Waals surface area contributed by atoms with Crippen LogP contribution in [0.5, 0.6) is 0 Å². The van der Waals surface area contributed by atoms with E-state index in [4.69, 9.17) is 0 Å². The summed E-state index contributed by atoms with van der Waals surface area (Å²) >= 11 is 0. The quantitative estimate of drug-likeness (QED) is 0.782. The van der Waals surface area contributed by atoms with E-state index < -0.39 is 0 Å². The first-order valence-electron chi connectivity index (χ1n) is 8.79. The average molecular weight is 337 g/mol. The Labute approximate surface area is 150 Å². The van der Waals surface area contributed by atoms with Gasteiger partial charge in [-0.15, -0.1) is 0 Å². The third-order valence-corrected chi connectivity index (χ3v) is 4.78. The van der Waals surface area contributed by atoms with Crippen molar-refractivity contribution in [3.05, 3.63) is 58.7 Å². The number of carbonyl (C=O) groups excluding carboxylic acids is 1. The van der Waals surface area contributed by atoms with Crippen LogP contribution in [-0.2, 0) is 23.9 Å². The zero-order valence-electron chi connectivity index (χ0n) is 16.1. The maximum absolute atomic E-state index is 13.2. The average Bonchev–Trinajstić information content (AvgIpc) is 2.96. The Bertz CT molecular complexity index is 755. The summed E-state index contributed by atoms with van der Waals surface area (Å²) in [6.07, 6.45) is 3.35. The first kappa shape index (κ1) is 17.6. The van der Waals surface area contributed by atoms with Gasteiger partial charge in [-0.05, 0) is 34.1 Å². The van der Waals surface area contributed by atoms with E-state index in [0.717, 1.165) is 16.8 Å². The van der Waals surface area contributed by atoms with E-state index in [1.165, 1.54) is 11.1 Å². The molecule has 2 aromatic rings. The second-order valence-corrected chi connectivity index (χ2v) is 8.95. The highest BCUT2D eigenvalue weighted by atomic mass is 16.2. The zero-order chi connectivity index (χ0) is 18.4. The van der Waals surface area contributed by atoms with Crippen molar-refractivity contribution in [2.75, 3.05) is 0 Å². The maximum atomic E-state index is 13.2. The molecule has 0 fully saturated rings. The summed E-state index contributed by atoms with van der Waals surface area (Å²) in [5.41, 5.74) is 5.13. The van der Waals surface area contributed by atoms with E-state index in [-0.39, 0.29) is 16.7 Å². The standard InChI is InChI=1S/C21H27N3O/c1-20(2,3)16-7-14(8-17(9-16)21(4,5)6)19(25)24-11-15-10-22-13-23-18(15)12-24/h7-10,13H,11-12H2,1-6H3. The number of hydrogen-bond donors (Lipinski definition) is 0. The summed E-state index contributed by atoms with van der Waals surface area (Å²) in [5.74, 6) is 0.0644. The van der Waals surface area contributed by atoms with Crippen LogP contribution < -0.4 is 0 Å². The van der Waals surface area contributed by atoms with Crippen LogP contribution in [0.2, 0.25) is 0 Å². The highest BCUT2D eigenvalue weighted by Gasteiger charge is 2.28. The first-order chi connectivity index (χ1) is 11.6. The van der Waals surface area contributed by atoms with E-state index in [0.29, 0.717) is 13.1 Å². The third-order valence-electron chi connectivity index (χ3n) is 4.78. The number of carbonyl (C=O) groups is 1. The second-order valence-electron chi connectivity index (χ2n) is 8.95. The fraction of sp³-hybridized carbons (Fsp3) is 0.476. The molecule has 1 aromatic carbocycles. The summed E-state index contributed by atoms with van der Waals surface area (Å²) in [7, 11) is 0. The van der Waals surface area contributed by atoms with Gasteiger partial charge in [0.25, 0.3) is 5.91 Å². The zero-order valence-corrected chi connectivity index (χ0v) is 16.1. The Kier molecular flexibility index (Phi) is 4.18. The Morgan fingerprint density at radius 3 is 2.08 bits per heavy atom. The Hall–Kier alpha value is -2.23. The lowest BCUT2D eigenvalue weighted by molar-refractivity contribution is 0.0750. The van der Waals surface area contributed by atoms with E-state index >= 15 is 0 Å². The van der Waals surface area contributed by atoms with Crippen LogP contribution in [-0.4, -0.2) is 20.8 Å². The third kappa shape index (κ3) is 3.58. The normalized spacial score (nSPS) is 14.6. The SMILES string of the molecule is CC(C)(C)c1cc(C(=O)N2Cc3cncnc3C2)cc(C(C)(C)C)c1. The smallest absolute Gasteiger partial charge is 0.254 e. The number of aromatic nitrogens is 2.